The molecule has 12 N–H and O–H groups in total. The molecule has 3 saturated heterocycles. The van der Waals surface area contributed by atoms with Gasteiger partial charge in [0.15, 0.2) is 18.9 Å². The molecule has 17 atom stereocenters. The molecule has 3 heterocycles. The minimum Gasteiger partial charge on any atom is -0.394 e. The van der Waals surface area contributed by atoms with Crippen LogP contribution in [0.3, 0.4) is 0 Å². The van der Waals surface area contributed by atoms with Gasteiger partial charge in [0.25, 0.3) is 0 Å². The predicted octanol–water partition coefficient (Wildman–Crippen LogP) is -0.0852. The van der Waals surface area contributed by atoms with Crippen molar-refractivity contribution in [3.63, 3.8) is 0 Å². The summed E-state index contributed by atoms with van der Waals surface area (Å²) in [5.74, 6) is -0.295. The maximum Gasteiger partial charge on any atom is 0.220 e. The van der Waals surface area contributed by atoms with E-state index in [1.807, 2.05) is 6.08 Å². The Bertz CT molecular complexity index is 1230. The van der Waals surface area contributed by atoms with Crippen LogP contribution in [0.5, 0.6) is 0 Å². The van der Waals surface area contributed by atoms with Gasteiger partial charge in [0.05, 0.1) is 38.6 Å². The molecule has 0 unspecified atom stereocenters. The van der Waals surface area contributed by atoms with Gasteiger partial charge in [0, 0.05) is 6.42 Å². The summed E-state index contributed by atoms with van der Waals surface area (Å²) in [5.41, 5.74) is 0. The average molecular weight is 912 g/mol. The van der Waals surface area contributed by atoms with Crippen LogP contribution in [0.1, 0.15) is 129 Å². The van der Waals surface area contributed by atoms with E-state index >= 15 is 0 Å². The molecule has 19 nitrogen and oxygen atoms in total. The molecule has 0 spiro atoms. The summed E-state index contributed by atoms with van der Waals surface area (Å²) < 4.78 is 33.9. The molecule has 0 aromatic heterocycles. The van der Waals surface area contributed by atoms with Crippen LogP contribution >= 0.6 is 0 Å². The predicted molar refractivity (Wildman–Crippen MR) is 227 cm³/mol. The van der Waals surface area contributed by atoms with Gasteiger partial charge >= 0.3 is 0 Å². The lowest BCUT2D eigenvalue weighted by Gasteiger charge is -2.48. The molecule has 370 valence electrons. The minimum absolute atomic E-state index is 0.236. The quantitative estimate of drug-likeness (QED) is 0.0320. The van der Waals surface area contributed by atoms with E-state index in [2.05, 4.69) is 19.2 Å². The van der Waals surface area contributed by atoms with Crippen LogP contribution in [0.15, 0.2) is 12.2 Å². The monoisotopic (exact) mass is 912 g/mol. The fourth-order valence-corrected chi connectivity index (χ4v) is 8.06. The van der Waals surface area contributed by atoms with Crippen LogP contribution in [0, 0.1) is 0 Å². The van der Waals surface area contributed by atoms with E-state index in [-0.39, 0.29) is 18.9 Å². The molecule has 0 saturated carbocycles. The lowest BCUT2D eigenvalue weighted by atomic mass is 9.96. The third-order valence-electron chi connectivity index (χ3n) is 12.1. The Labute approximate surface area is 372 Å². The van der Waals surface area contributed by atoms with Crippen LogP contribution in [-0.4, -0.2) is 193 Å². The summed E-state index contributed by atoms with van der Waals surface area (Å²) in [6.07, 6.45) is -4.56. The zero-order valence-corrected chi connectivity index (χ0v) is 37.3. The minimum atomic E-state index is -1.96. The second-order valence-corrected chi connectivity index (χ2v) is 17.2. The van der Waals surface area contributed by atoms with E-state index in [0.29, 0.717) is 6.42 Å². The Hall–Kier alpha value is -1.47. The number of hydrogen-bond acceptors (Lipinski definition) is 18. The molecule has 1 amide bonds. The number of unbranched alkanes of at least 4 members (excludes halogenated alkanes) is 15. The third kappa shape index (κ3) is 17.9. The Morgan fingerprint density at radius 3 is 1.60 bits per heavy atom. The van der Waals surface area contributed by atoms with Gasteiger partial charge in [-0.25, -0.2) is 0 Å². The summed E-state index contributed by atoms with van der Waals surface area (Å²) in [6.45, 7) is 1.53. The summed E-state index contributed by atoms with van der Waals surface area (Å²) in [6, 6.07) is -0.968. The molecule has 0 bridgehead atoms. The highest BCUT2D eigenvalue weighted by molar-refractivity contribution is 5.76. The summed E-state index contributed by atoms with van der Waals surface area (Å²) >= 11 is 0. The largest absolute Gasteiger partial charge is 0.394 e. The van der Waals surface area contributed by atoms with Crippen molar-refractivity contribution in [2.75, 3.05) is 26.4 Å². The molecule has 63 heavy (non-hydrogen) atoms. The second-order valence-electron chi connectivity index (χ2n) is 17.2. The zero-order chi connectivity index (χ0) is 46.3. The highest BCUT2D eigenvalue weighted by Gasteiger charge is 2.54. The number of allylic oxidation sites excluding steroid dienone is 1. The second kappa shape index (κ2) is 30.7. The first kappa shape index (κ1) is 55.9. The number of carbonyl (C=O) groups excluding carboxylic acids is 1. The van der Waals surface area contributed by atoms with Gasteiger partial charge < -0.3 is 89.9 Å². The number of nitrogens with one attached hydrogen (secondary N) is 1. The molecule has 3 rings (SSSR count). The molecule has 19 heteroatoms. The highest BCUT2D eigenvalue weighted by atomic mass is 16.8. The molecule has 3 fully saturated rings. The summed E-state index contributed by atoms with van der Waals surface area (Å²) in [7, 11) is 0. The number of amides is 1. The Kier molecular flexibility index (Phi) is 27.3. The van der Waals surface area contributed by atoms with Crippen LogP contribution in [-0.2, 0) is 33.2 Å². The molecular formula is C44H81NO18. The average Bonchev–Trinajstić information content (AvgIpc) is 3.27. The van der Waals surface area contributed by atoms with Crippen molar-refractivity contribution in [3.05, 3.63) is 12.2 Å². The molecule has 0 aromatic rings. The van der Waals surface area contributed by atoms with Gasteiger partial charge in [-0.3, -0.25) is 4.79 Å². The third-order valence-corrected chi connectivity index (χ3v) is 12.1. The number of aliphatic hydroxyl groups excluding tert-OH is 11. The van der Waals surface area contributed by atoms with Crippen molar-refractivity contribution in [1.82, 2.24) is 5.32 Å². The first-order valence-corrected chi connectivity index (χ1v) is 23.4. The van der Waals surface area contributed by atoms with Crippen molar-refractivity contribution in [2.24, 2.45) is 0 Å². The molecule has 3 aliphatic rings. The van der Waals surface area contributed by atoms with Crippen LogP contribution < -0.4 is 5.32 Å². The van der Waals surface area contributed by atoms with E-state index in [1.165, 1.54) is 51.4 Å². The normalized spacial score (nSPS) is 34.9. The summed E-state index contributed by atoms with van der Waals surface area (Å²) in [4.78, 5) is 13.0. The number of aliphatic hydroxyl groups is 11. The van der Waals surface area contributed by atoms with E-state index < -0.39 is 124 Å². The fraction of sp³-hybridized carbons (Fsp3) is 0.932. The number of carbonyl (C=O) groups is 1. The molecule has 3 aliphatic heterocycles. The number of ether oxygens (including phenoxy) is 6. The molecular weight excluding hydrogens is 830 g/mol. The fourth-order valence-electron chi connectivity index (χ4n) is 8.06. The van der Waals surface area contributed by atoms with E-state index in [0.717, 1.165) is 51.4 Å². The van der Waals surface area contributed by atoms with Gasteiger partial charge in [-0.15, -0.1) is 0 Å². The zero-order valence-electron chi connectivity index (χ0n) is 37.3. The van der Waals surface area contributed by atoms with E-state index in [1.54, 1.807) is 6.08 Å². The lowest BCUT2D eigenvalue weighted by molar-refractivity contribution is -0.380. The Balaban J connectivity index is 1.61. The van der Waals surface area contributed by atoms with Gasteiger partial charge in [-0.05, 0) is 19.3 Å². The van der Waals surface area contributed by atoms with Gasteiger partial charge in [-0.1, -0.05) is 116 Å². The summed E-state index contributed by atoms with van der Waals surface area (Å²) in [5, 5.41) is 119. The van der Waals surface area contributed by atoms with Gasteiger partial charge in [0.1, 0.15) is 73.2 Å². The van der Waals surface area contributed by atoms with Gasteiger partial charge in [-0.2, -0.15) is 0 Å². The van der Waals surface area contributed by atoms with Crippen molar-refractivity contribution in [2.45, 2.75) is 234 Å². The maximum absolute atomic E-state index is 13.0. The Morgan fingerprint density at radius 2 is 1.03 bits per heavy atom. The van der Waals surface area contributed by atoms with Crippen LogP contribution in [0.2, 0.25) is 0 Å². The lowest BCUT2D eigenvalue weighted by Crippen LogP contribution is -2.67. The van der Waals surface area contributed by atoms with Crippen molar-refractivity contribution >= 4 is 5.91 Å². The van der Waals surface area contributed by atoms with Crippen molar-refractivity contribution in [3.8, 4) is 0 Å². The number of hydrogen-bond donors (Lipinski definition) is 12. The Morgan fingerprint density at radius 1 is 0.556 bits per heavy atom. The molecule has 0 radical (unpaired) electrons. The topological polar surface area (TPSA) is 307 Å². The first-order valence-electron chi connectivity index (χ1n) is 23.4. The van der Waals surface area contributed by atoms with Crippen molar-refractivity contribution in [1.29, 1.82) is 0 Å². The first-order chi connectivity index (χ1) is 30.3. The van der Waals surface area contributed by atoms with Crippen LogP contribution in [0.25, 0.3) is 0 Å². The molecule has 0 aromatic carbocycles. The smallest absolute Gasteiger partial charge is 0.220 e. The highest BCUT2D eigenvalue weighted by Crippen LogP contribution is 2.33. The standard InChI is InChI=1S/C44H81NO18/c1-3-5-7-9-10-11-12-13-14-15-16-18-19-21-28(49)27(45-32(50)22-20-17-8-6-4-2)26-58-42-38(56)36(54)40(31(25-48)61-42)62-44-39(57)41(34(52)30(24-47)60-44)63-43-37(55)35(53)33(51)29(23-46)59-43/h19,21,27-31,33-44,46-49,51-57H,3-18,20,22-26H2,1-2H3,(H,45,50)/b21-19+/t27-,28+,29+,30+,31+,33-,34-,35-,36+,37-,38+,39+,40+,41-,42+,43-,44-/m0/s1. The van der Waals surface area contributed by atoms with Gasteiger partial charge in [0.2, 0.25) is 5.91 Å². The van der Waals surface area contributed by atoms with E-state index in [9.17, 15) is 61.0 Å². The maximum atomic E-state index is 13.0. The molecule has 0 aliphatic carbocycles. The van der Waals surface area contributed by atoms with Crippen LogP contribution in [0.4, 0.5) is 0 Å². The van der Waals surface area contributed by atoms with Crippen molar-refractivity contribution < 1.29 is 89.4 Å². The SMILES string of the molecule is CCCCCCCCCCCCC/C=C/[C@@H](O)[C@H](CO[C@@H]1O[C@H](CO)[C@@H](O[C@@H]2O[C@H](CO)[C@H](O)[C@H](O[C@@H]3O[C@H](CO)[C@H](O)[C@H](O)[C@@H]3O)[C@H]2O)[C@H](O)[C@H]1O)NC(=O)CCCCCCC. The van der Waals surface area contributed by atoms with E-state index in [4.69, 9.17) is 28.4 Å². The number of rotatable bonds is 31.